The van der Waals surface area contributed by atoms with Crippen molar-refractivity contribution in [2.45, 2.75) is 12.3 Å². The topological polar surface area (TPSA) is 72.2 Å². The number of carbonyl (C=O) groups is 1. The van der Waals surface area contributed by atoms with Crippen molar-refractivity contribution >= 4 is 35.0 Å². The van der Waals surface area contributed by atoms with Crippen LogP contribution in [0.15, 0.2) is 48.5 Å². The number of amides is 1. The van der Waals surface area contributed by atoms with E-state index >= 15 is 0 Å². The predicted octanol–water partition coefficient (Wildman–Crippen LogP) is 3.80. The fraction of sp³-hybridized carbons (Fsp3) is 0.188. The number of benzene rings is 2. The summed E-state index contributed by atoms with van der Waals surface area (Å²) in [4.78, 5) is 21.9. The van der Waals surface area contributed by atoms with E-state index in [1.165, 1.54) is 23.9 Å². The van der Waals surface area contributed by atoms with Crippen molar-refractivity contribution in [3.63, 3.8) is 0 Å². The second-order valence-corrected chi connectivity index (χ2v) is 6.24. The highest BCUT2D eigenvalue weighted by Gasteiger charge is 2.05. The summed E-state index contributed by atoms with van der Waals surface area (Å²) >= 11 is 7.26. The zero-order valence-electron chi connectivity index (χ0n) is 12.2. The Labute approximate surface area is 143 Å². The van der Waals surface area contributed by atoms with E-state index < -0.39 is 4.92 Å². The number of halogens is 1. The van der Waals surface area contributed by atoms with Crippen molar-refractivity contribution in [3.8, 4) is 0 Å². The Morgan fingerprint density at radius 1 is 1.09 bits per heavy atom. The van der Waals surface area contributed by atoms with E-state index in [-0.39, 0.29) is 11.6 Å². The number of thioether (sulfide) groups is 1. The summed E-state index contributed by atoms with van der Waals surface area (Å²) in [6.07, 6.45) is 0. The SMILES string of the molecule is O=C(CSCc1ccc([N+](=O)[O-])cc1)NCc1ccc(Cl)cc1. The minimum atomic E-state index is -0.429. The Balaban J connectivity index is 1.70. The number of carbonyl (C=O) groups excluding carboxylic acids is 1. The van der Waals surface area contributed by atoms with Crippen LogP contribution in [0.5, 0.6) is 0 Å². The number of nitrogens with zero attached hydrogens (tertiary/aromatic N) is 1. The fourth-order valence-electron chi connectivity index (χ4n) is 1.83. The van der Waals surface area contributed by atoms with Crippen molar-refractivity contribution in [2.24, 2.45) is 0 Å². The van der Waals surface area contributed by atoms with Gasteiger partial charge < -0.3 is 5.32 Å². The second-order valence-electron chi connectivity index (χ2n) is 4.82. The highest BCUT2D eigenvalue weighted by Crippen LogP contribution is 2.16. The first-order chi connectivity index (χ1) is 11.0. The smallest absolute Gasteiger partial charge is 0.269 e. The number of nitro benzene ring substituents is 1. The molecule has 2 rings (SSSR count). The Morgan fingerprint density at radius 3 is 2.30 bits per heavy atom. The van der Waals surface area contributed by atoms with Crippen LogP contribution in [0.1, 0.15) is 11.1 Å². The number of rotatable bonds is 7. The van der Waals surface area contributed by atoms with Gasteiger partial charge in [-0.15, -0.1) is 11.8 Å². The molecule has 2 aromatic carbocycles. The number of non-ortho nitro benzene ring substituents is 1. The molecule has 0 aromatic heterocycles. The highest BCUT2D eigenvalue weighted by atomic mass is 35.5. The van der Waals surface area contributed by atoms with Crippen LogP contribution >= 0.6 is 23.4 Å². The molecule has 23 heavy (non-hydrogen) atoms. The van der Waals surface area contributed by atoms with E-state index in [1.54, 1.807) is 24.3 Å². The van der Waals surface area contributed by atoms with Gasteiger partial charge in [-0.25, -0.2) is 0 Å². The first-order valence-electron chi connectivity index (χ1n) is 6.87. The molecule has 0 bridgehead atoms. The molecule has 2 aromatic rings. The van der Waals surface area contributed by atoms with Crippen LogP contribution < -0.4 is 5.32 Å². The van der Waals surface area contributed by atoms with Gasteiger partial charge in [-0.3, -0.25) is 14.9 Å². The Hall–Kier alpha value is -2.05. The molecular formula is C16H15ClN2O3S. The third kappa shape index (κ3) is 5.92. The average Bonchev–Trinajstić information content (AvgIpc) is 2.55. The van der Waals surface area contributed by atoms with E-state index in [9.17, 15) is 14.9 Å². The molecular weight excluding hydrogens is 336 g/mol. The maximum Gasteiger partial charge on any atom is 0.269 e. The molecule has 0 heterocycles. The molecule has 0 unspecified atom stereocenters. The predicted molar refractivity (Wildman–Crippen MR) is 92.6 cm³/mol. The lowest BCUT2D eigenvalue weighted by atomic mass is 10.2. The van der Waals surface area contributed by atoms with Crippen molar-refractivity contribution < 1.29 is 9.72 Å². The molecule has 0 saturated heterocycles. The average molecular weight is 351 g/mol. The van der Waals surface area contributed by atoms with Crippen LogP contribution in [0.25, 0.3) is 0 Å². The maximum atomic E-state index is 11.8. The van der Waals surface area contributed by atoms with Gasteiger partial charge in [0.25, 0.3) is 5.69 Å². The summed E-state index contributed by atoms with van der Waals surface area (Å²) in [5, 5.41) is 14.1. The van der Waals surface area contributed by atoms with E-state index in [2.05, 4.69) is 5.32 Å². The number of hydrogen-bond acceptors (Lipinski definition) is 4. The summed E-state index contributed by atoms with van der Waals surface area (Å²) in [6.45, 7) is 0.466. The van der Waals surface area contributed by atoms with Gasteiger partial charge in [-0.05, 0) is 23.3 Å². The van der Waals surface area contributed by atoms with Crippen molar-refractivity contribution in [2.75, 3.05) is 5.75 Å². The first-order valence-corrected chi connectivity index (χ1v) is 8.40. The summed E-state index contributed by atoms with van der Waals surface area (Å²) in [7, 11) is 0. The van der Waals surface area contributed by atoms with E-state index in [4.69, 9.17) is 11.6 Å². The molecule has 0 aliphatic carbocycles. The third-order valence-electron chi connectivity index (χ3n) is 3.05. The van der Waals surface area contributed by atoms with Gasteiger partial charge in [0, 0.05) is 29.5 Å². The maximum absolute atomic E-state index is 11.8. The molecule has 0 aliphatic rings. The third-order valence-corrected chi connectivity index (χ3v) is 4.31. The monoisotopic (exact) mass is 350 g/mol. The molecule has 120 valence electrons. The zero-order chi connectivity index (χ0) is 16.7. The van der Waals surface area contributed by atoms with Gasteiger partial charge in [0.15, 0.2) is 0 Å². The van der Waals surface area contributed by atoms with E-state index in [0.717, 1.165) is 11.1 Å². The molecule has 0 aliphatic heterocycles. The fourth-order valence-corrected chi connectivity index (χ4v) is 2.77. The van der Waals surface area contributed by atoms with Gasteiger partial charge in [0.1, 0.15) is 0 Å². The van der Waals surface area contributed by atoms with Crippen LogP contribution in [0.2, 0.25) is 5.02 Å². The standard InChI is InChI=1S/C16H15ClN2O3S/c17-14-5-1-12(2-6-14)9-18-16(20)11-23-10-13-3-7-15(8-4-13)19(21)22/h1-8H,9-11H2,(H,18,20). The molecule has 5 nitrogen and oxygen atoms in total. The summed E-state index contributed by atoms with van der Waals surface area (Å²) in [6, 6.07) is 13.7. The molecule has 0 saturated carbocycles. The van der Waals surface area contributed by atoms with Crippen molar-refractivity contribution in [3.05, 3.63) is 74.8 Å². The summed E-state index contributed by atoms with van der Waals surface area (Å²) in [5.41, 5.74) is 2.01. The van der Waals surface area contributed by atoms with Gasteiger partial charge in [-0.1, -0.05) is 35.9 Å². The van der Waals surface area contributed by atoms with Gasteiger partial charge >= 0.3 is 0 Å². The lowest BCUT2D eigenvalue weighted by Crippen LogP contribution is -2.24. The Morgan fingerprint density at radius 2 is 1.70 bits per heavy atom. The van der Waals surface area contributed by atoms with Crippen molar-refractivity contribution in [1.82, 2.24) is 5.32 Å². The number of nitro groups is 1. The summed E-state index contributed by atoms with van der Waals surface area (Å²) in [5.74, 6) is 0.920. The minimum Gasteiger partial charge on any atom is -0.351 e. The highest BCUT2D eigenvalue weighted by molar-refractivity contribution is 7.99. The molecule has 0 spiro atoms. The van der Waals surface area contributed by atoms with Crippen LogP contribution in [0, 0.1) is 10.1 Å². The lowest BCUT2D eigenvalue weighted by molar-refractivity contribution is -0.384. The Kier molecular flexibility index (Phi) is 6.43. The molecule has 1 amide bonds. The Bertz CT molecular complexity index is 675. The van der Waals surface area contributed by atoms with Gasteiger partial charge in [-0.2, -0.15) is 0 Å². The first kappa shape index (κ1) is 17.3. The lowest BCUT2D eigenvalue weighted by Gasteiger charge is -2.06. The van der Waals surface area contributed by atoms with E-state index in [0.29, 0.717) is 23.1 Å². The largest absolute Gasteiger partial charge is 0.351 e. The van der Waals surface area contributed by atoms with Gasteiger partial charge in [0.05, 0.1) is 10.7 Å². The second kappa shape index (κ2) is 8.55. The van der Waals surface area contributed by atoms with Crippen LogP contribution in [-0.4, -0.2) is 16.6 Å². The van der Waals surface area contributed by atoms with Crippen LogP contribution in [0.4, 0.5) is 5.69 Å². The normalized spacial score (nSPS) is 10.3. The molecule has 1 N–H and O–H groups in total. The minimum absolute atomic E-state index is 0.0492. The molecule has 0 radical (unpaired) electrons. The number of hydrogen-bond donors (Lipinski definition) is 1. The van der Waals surface area contributed by atoms with Crippen molar-refractivity contribution in [1.29, 1.82) is 0 Å². The van der Waals surface area contributed by atoms with E-state index in [1.807, 2.05) is 12.1 Å². The molecule has 0 atom stereocenters. The summed E-state index contributed by atoms with van der Waals surface area (Å²) < 4.78 is 0. The molecule has 7 heteroatoms. The quantitative estimate of drug-likeness (QED) is 0.609. The zero-order valence-corrected chi connectivity index (χ0v) is 13.8. The van der Waals surface area contributed by atoms with Gasteiger partial charge in [0.2, 0.25) is 5.91 Å². The number of nitrogens with one attached hydrogen (secondary N) is 1. The van der Waals surface area contributed by atoms with Crippen LogP contribution in [-0.2, 0) is 17.1 Å². The molecule has 0 fully saturated rings. The van der Waals surface area contributed by atoms with Crippen LogP contribution in [0.3, 0.4) is 0 Å².